The van der Waals surface area contributed by atoms with E-state index >= 15 is 0 Å². The highest BCUT2D eigenvalue weighted by molar-refractivity contribution is 9.10. The van der Waals surface area contributed by atoms with Crippen LogP contribution in [-0.4, -0.2) is 10.2 Å². The maximum Gasteiger partial charge on any atom is 0.272 e. The van der Waals surface area contributed by atoms with Crippen LogP contribution in [0.4, 0.5) is 4.39 Å². The summed E-state index contributed by atoms with van der Waals surface area (Å²) in [5.41, 5.74) is 0.390. The lowest BCUT2D eigenvalue weighted by atomic mass is 10.0. The summed E-state index contributed by atoms with van der Waals surface area (Å²) in [6.07, 6.45) is 0. The van der Waals surface area contributed by atoms with Crippen molar-refractivity contribution in [1.29, 1.82) is 0 Å². The summed E-state index contributed by atoms with van der Waals surface area (Å²) in [6.45, 7) is 3.89. The number of fused-ring (bicyclic) bond motifs is 1. The second kappa shape index (κ2) is 3.97. The van der Waals surface area contributed by atoms with Crippen LogP contribution in [0, 0.1) is 5.82 Å². The zero-order valence-electron chi connectivity index (χ0n) is 8.84. The van der Waals surface area contributed by atoms with E-state index < -0.39 is 0 Å². The average Bonchev–Trinajstić information content (AvgIpc) is 2.21. The van der Waals surface area contributed by atoms with Gasteiger partial charge in [0.1, 0.15) is 5.82 Å². The third kappa shape index (κ3) is 1.75. The lowest BCUT2D eigenvalue weighted by molar-refractivity contribution is 0.622. The lowest BCUT2D eigenvalue weighted by Crippen LogP contribution is -2.12. The van der Waals surface area contributed by atoms with Gasteiger partial charge < -0.3 is 0 Å². The van der Waals surface area contributed by atoms with Gasteiger partial charge in [0.15, 0.2) is 0 Å². The number of benzene rings is 1. The van der Waals surface area contributed by atoms with Gasteiger partial charge in [-0.1, -0.05) is 13.8 Å². The molecule has 3 nitrogen and oxygen atoms in total. The van der Waals surface area contributed by atoms with Crippen molar-refractivity contribution in [3.05, 3.63) is 38.5 Å². The van der Waals surface area contributed by atoms with Gasteiger partial charge >= 0.3 is 0 Å². The molecule has 1 heterocycles. The van der Waals surface area contributed by atoms with Crippen molar-refractivity contribution in [2.45, 2.75) is 19.8 Å². The Labute approximate surface area is 99.8 Å². The first-order valence-corrected chi connectivity index (χ1v) is 5.67. The van der Waals surface area contributed by atoms with E-state index in [4.69, 9.17) is 0 Å². The smallest absolute Gasteiger partial charge is 0.267 e. The Morgan fingerprint density at radius 2 is 2.06 bits per heavy atom. The molecule has 0 aliphatic heterocycles. The molecule has 1 aromatic carbocycles. The van der Waals surface area contributed by atoms with Gasteiger partial charge in [0.05, 0.1) is 15.6 Å². The number of hydrogen-bond donors (Lipinski definition) is 1. The second-order valence-electron chi connectivity index (χ2n) is 3.90. The van der Waals surface area contributed by atoms with E-state index in [1.807, 2.05) is 13.8 Å². The normalized spacial score (nSPS) is 11.3. The minimum absolute atomic E-state index is 0.125. The quantitative estimate of drug-likeness (QED) is 0.875. The van der Waals surface area contributed by atoms with E-state index in [2.05, 4.69) is 26.1 Å². The molecule has 2 aromatic rings. The molecule has 84 valence electrons. The molecule has 0 saturated heterocycles. The summed E-state index contributed by atoms with van der Waals surface area (Å²) in [5, 5.41) is 7.40. The summed E-state index contributed by atoms with van der Waals surface area (Å²) >= 11 is 3.06. The van der Waals surface area contributed by atoms with Gasteiger partial charge in [0.25, 0.3) is 5.56 Å². The monoisotopic (exact) mass is 284 g/mol. The largest absolute Gasteiger partial charge is 0.272 e. The van der Waals surface area contributed by atoms with Crippen molar-refractivity contribution in [2.24, 2.45) is 0 Å². The number of hydrogen-bond acceptors (Lipinski definition) is 2. The van der Waals surface area contributed by atoms with Crippen LogP contribution in [0.15, 0.2) is 21.4 Å². The zero-order chi connectivity index (χ0) is 11.9. The van der Waals surface area contributed by atoms with Crippen LogP contribution in [0.2, 0.25) is 0 Å². The highest BCUT2D eigenvalue weighted by Crippen LogP contribution is 2.25. The number of aromatic nitrogens is 2. The van der Waals surface area contributed by atoms with Crippen LogP contribution in [0.25, 0.3) is 10.8 Å². The number of nitrogens with one attached hydrogen (secondary N) is 1. The van der Waals surface area contributed by atoms with E-state index in [0.717, 1.165) is 0 Å². The highest BCUT2D eigenvalue weighted by Gasteiger charge is 2.12. The van der Waals surface area contributed by atoms with E-state index in [0.29, 0.717) is 16.5 Å². The van der Waals surface area contributed by atoms with E-state index in [9.17, 15) is 9.18 Å². The van der Waals surface area contributed by atoms with Crippen LogP contribution in [-0.2, 0) is 0 Å². The summed E-state index contributed by atoms with van der Waals surface area (Å²) in [4.78, 5) is 11.6. The number of nitrogens with zero attached hydrogens (tertiary/aromatic N) is 1. The second-order valence-corrected chi connectivity index (χ2v) is 4.76. The molecule has 0 aliphatic carbocycles. The molecule has 2 rings (SSSR count). The Hall–Kier alpha value is -1.23. The molecule has 0 amide bonds. The fraction of sp³-hybridized carbons (Fsp3) is 0.273. The molecule has 0 aliphatic rings. The van der Waals surface area contributed by atoms with Gasteiger partial charge in [-0.25, -0.2) is 9.49 Å². The SMILES string of the molecule is CC(C)c1n[nH]c(=O)c2cc(Br)c(F)cc12. The fourth-order valence-corrected chi connectivity index (χ4v) is 1.96. The first kappa shape index (κ1) is 11.3. The lowest BCUT2D eigenvalue weighted by Gasteiger charge is -2.08. The number of halogens is 2. The topological polar surface area (TPSA) is 45.8 Å². The predicted octanol–water partition coefficient (Wildman–Crippen LogP) is 2.95. The standard InChI is InChI=1S/C11H10BrFN2O/c1-5(2)10-6-4-9(13)8(12)3-7(6)11(16)15-14-10/h3-5H,1-2H3,(H,15,16). The van der Waals surface area contributed by atoms with Gasteiger partial charge in [-0.05, 0) is 34.0 Å². The van der Waals surface area contributed by atoms with Crippen molar-refractivity contribution < 1.29 is 4.39 Å². The van der Waals surface area contributed by atoms with Crippen LogP contribution in [0.1, 0.15) is 25.5 Å². The Bertz CT molecular complexity index is 607. The molecular weight excluding hydrogens is 275 g/mol. The minimum Gasteiger partial charge on any atom is -0.267 e. The van der Waals surface area contributed by atoms with Gasteiger partial charge in [-0.2, -0.15) is 5.10 Å². The summed E-state index contributed by atoms with van der Waals surface area (Å²) in [6, 6.07) is 2.83. The maximum absolute atomic E-state index is 13.4. The molecule has 0 spiro atoms. The summed E-state index contributed by atoms with van der Waals surface area (Å²) in [5.74, 6) is -0.262. The van der Waals surface area contributed by atoms with E-state index in [-0.39, 0.29) is 21.8 Å². The Balaban J connectivity index is 2.93. The van der Waals surface area contributed by atoms with Crippen LogP contribution >= 0.6 is 15.9 Å². The summed E-state index contributed by atoms with van der Waals surface area (Å²) < 4.78 is 13.7. The fourth-order valence-electron chi connectivity index (χ4n) is 1.62. The number of rotatable bonds is 1. The van der Waals surface area contributed by atoms with Crippen molar-refractivity contribution in [1.82, 2.24) is 10.2 Å². The predicted molar refractivity (Wildman–Crippen MR) is 64.1 cm³/mol. The van der Waals surface area contributed by atoms with Crippen molar-refractivity contribution in [2.75, 3.05) is 0 Å². The first-order chi connectivity index (χ1) is 7.50. The third-order valence-electron chi connectivity index (χ3n) is 2.41. The van der Waals surface area contributed by atoms with Crippen molar-refractivity contribution in [3.63, 3.8) is 0 Å². The summed E-state index contributed by atoms with van der Waals surface area (Å²) in [7, 11) is 0. The molecular formula is C11H10BrFN2O. The molecule has 0 fully saturated rings. The molecule has 16 heavy (non-hydrogen) atoms. The molecule has 0 atom stereocenters. The zero-order valence-corrected chi connectivity index (χ0v) is 10.4. The highest BCUT2D eigenvalue weighted by atomic mass is 79.9. The van der Waals surface area contributed by atoms with Crippen molar-refractivity contribution >= 4 is 26.7 Å². The molecule has 0 saturated carbocycles. The van der Waals surface area contributed by atoms with Crippen LogP contribution < -0.4 is 5.56 Å². The van der Waals surface area contributed by atoms with Gasteiger partial charge in [0.2, 0.25) is 0 Å². The van der Waals surface area contributed by atoms with Gasteiger partial charge in [-0.15, -0.1) is 0 Å². The number of H-pyrrole nitrogens is 1. The maximum atomic E-state index is 13.4. The van der Waals surface area contributed by atoms with E-state index in [1.165, 1.54) is 12.1 Å². The Morgan fingerprint density at radius 1 is 1.38 bits per heavy atom. The van der Waals surface area contributed by atoms with Gasteiger partial charge in [-0.3, -0.25) is 4.79 Å². The number of aromatic amines is 1. The molecule has 5 heteroatoms. The van der Waals surface area contributed by atoms with E-state index in [1.54, 1.807) is 0 Å². The third-order valence-corrected chi connectivity index (χ3v) is 3.01. The Morgan fingerprint density at radius 3 is 2.69 bits per heavy atom. The molecule has 1 N–H and O–H groups in total. The van der Waals surface area contributed by atoms with Crippen LogP contribution in [0.3, 0.4) is 0 Å². The van der Waals surface area contributed by atoms with Crippen molar-refractivity contribution in [3.8, 4) is 0 Å². The first-order valence-electron chi connectivity index (χ1n) is 4.88. The molecule has 0 radical (unpaired) electrons. The van der Waals surface area contributed by atoms with Crippen LogP contribution in [0.5, 0.6) is 0 Å². The van der Waals surface area contributed by atoms with Gasteiger partial charge in [0, 0.05) is 5.39 Å². The molecule has 1 aromatic heterocycles. The minimum atomic E-state index is -0.387. The Kier molecular flexibility index (Phi) is 2.80. The molecule has 0 bridgehead atoms. The molecule has 0 unspecified atom stereocenters. The average molecular weight is 285 g/mol.